The molecule has 184 valence electrons. The lowest BCUT2D eigenvalue weighted by Gasteiger charge is -2.52. The molecular weight excluding hydrogens is 440 g/mol. The number of rotatable bonds is 4. The Bertz CT molecular complexity index is 1140. The van der Waals surface area contributed by atoms with E-state index in [0.717, 1.165) is 11.3 Å². The van der Waals surface area contributed by atoms with Crippen molar-refractivity contribution in [2.24, 2.45) is 17.6 Å². The van der Waals surface area contributed by atoms with E-state index in [2.05, 4.69) is 5.32 Å². The molecule has 0 fully saturated rings. The minimum absolute atomic E-state index is 0.0374. The highest BCUT2D eigenvalue weighted by Crippen LogP contribution is 2.56. The van der Waals surface area contributed by atoms with Gasteiger partial charge in [0.15, 0.2) is 11.4 Å². The summed E-state index contributed by atoms with van der Waals surface area (Å²) in [5.74, 6) is -4.50. The Morgan fingerprint density at radius 3 is 2.32 bits per heavy atom. The molecule has 3 aliphatic rings. The molecule has 10 nitrogen and oxygen atoms in total. The number of likely N-dealkylation sites (N-methyl/N-ethyl adjacent to an activating group) is 2. The predicted molar refractivity (Wildman–Crippen MR) is 125 cm³/mol. The number of aliphatic hydroxyl groups excluding tert-OH is 2. The number of phenols is 1. The fourth-order valence-electron chi connectivity index (χ4n) is 6.17. The number of carbonyl (C=O) groups excluding carboxylic acids is 2. The molecule has 1 unspecified atom stereocenters. The van der Waals surface area contributed by atoms with Crippen LogP contribution in [0.3, 0.4) is 0 Å². The number of nitrogens with one attached hydrogen (secondary N) is 1. The molecule has 0 heterocycles. The number of hydrogen-bond acceptors (Lipinski definition) is 9. The van der Waals surface area contributed by atoms with Crippen molar-refractivity contribution in [2.45, 2.75) is 30.5 Å². The smallest absolute Gasteiger partial charge is 0.255 e. The number of aromatic hydroxyl groups is 1. The van der Waals surface area contributed by atoms with Crippen molar-refractivity contribution >= 4 is 17.4 Å². The van der Waals surface area contributed by atoms with Crippen molar-refractivity contribution in [3.8, 4) is 5.75 Å². The van der Waals surface area contributed by atoms with Crippen LogP contribution in [0.15, 0.2) is 34.8 Å². The maximum absolute atomic E-state index is 13.2. The topological polar surface area (TPSA) is 160 Å². The Balaban J connectivity index is 2.02. The first-order chi connectivity index (χ1) is 15.9. The van der Waals surface area contributed by atoms with E-state index in [-0.39, 0.29) is 18.1 Å². The number of amides is 1. The molecule has 4 rings (SSSR count). The Morgan fingerprint density at radius 2 is 1.79 bits per heavy atom. The van der Waals surface area contributed by atoms with Crippen LogP contribution >= 0.6 is 0 Å². The van der Waals surface area contributed by atoms with Gasteiger partial charge in [0.1, 0.15) is 22.8 Å². The number of aliphatic hydroxyl groups is 3. The number of nitrogens with two attached hydrogens (primary N) is 1. The minimum atomic E-state index is -2.37. The van der Waals surface area contributed by atoms with Gasteiger partial charge in [0.2, 0.25) is 0 Å². The number of phenolic OH excluding ortho intramolecular Hbond substituents is 1. The van der Waals surface area contributed by atoms with E-state index in [1.54, 1.807) is 32.1 Å². The fourth-order valence-corrected chi connectivity index (χ4v) is 6.17. The number of ketones is 1. The van der Waals surface area contributed by atoms with Gasteiger partial charge in [-0.1, -0.05) is 0 Å². The first-order valence-corrected chi connectivity index (χ1v) is 11.2. The molecule has 10 heteroatoms. The van der Waals surface area contributed by atoms with E-state index >= 15 is 0 Å². The highest BCUT2D eigenvalue weighted by Gasteiger charge is 2.62. The molecule has 1 aromatic rings. The highest BCUT2D eigenvalue weighted by atomic mass is 16.4. The van der Waals surface area contributed by atoms with Gasteiger partial charge in [-0.15, -0.1) is 0 Å². The molecule has 5 atom stereocenters. The number of carbonyl (C=O) groups is 2. The van der Waals surface area contributed by atoms with Crippen LogP contribution in [0.2, 0.25) is 0 Å². The third-order valence-corrected chi connectivity index (χ3v) is 7.58. The number of benzene rings is 1. The SMILES string of the molecule is CNC1C2=C(O)[C@]3(O)C(O)=C(C(N)=O)C(=O)[C@@H](N(C)C)[C@@H]3C[C@@H]2Cc2c(N(C)C)ccc(O)c21. The lowest BCUT2D eigenvalue weighted by molar-refractivity contribution is -0.136. The second-order valence-electron chi connectivity index (χ2n) is 9.79. The van der Waals surface area contributed by atoms with Crippen molar-refractivity contribution in [1.29, 1.82) is 0 Å². The molecule has 1 aromatic carbocycles. The van der Waals surface area contributed by atoms with Gasteiger partial charge in [0.05, 0.1) is 12.1 Å². The number of hydrogen-bond donors (Lipinski definition) is 6. The number of fused-ring (bicyclic) bond motifs is 3. The summed E-state index contributed by atoms with van der Waals surface area (Å²) in [5, 5.41) is 48.2. The van der Waals surface area contributed by atoms with Gasteiger partial charge < -0.3 is 36.4 Å². The normalized spacial score (nSPS) is 30.7. The van der Waals surface area contributed by atoms with Gasteiger partial charge in [-0.3, -0.25) is 14.5 Å². The van der Waals surface area contributed by atoms with Gasteiger partial charge in [-0.05, 0) is 63.2 Å². The maximum atomic E-state index is 13.2. The van der Waals surface area contributed by atoms with Gasteiger partial charge >= 0.3 is 0 Å². The molecule has 0 radical (unpaired) electrons. The fraction of sp³-hybridized carbons (Fsp3) is 0.500. The molecule has 0 saturated carbocycles. The largest absolute Gasteiger partial charge is 0.509 e. The van der Waals surface area contributed by atoms with Crippen LogP contribution in [-0.4, -0.2) is 83.9 Å². The molecular formula is C24H32N4O6. The standard InChI is InChI=1S/C24H32N4O6/c1-26-18-15-10(8-11-13(27(2)3)6-7-14(29)16(11)18)9-12-19(28(4)5)20(30)17(23(25)33)22(32)24(12,34)21(15)31/h6-7,10,12,18-19,26,29,31-32,34H,8-9H2,1-5H3,(H2,25,33)/t10-,12-,18?,19-,24-/m0/s1. The lowest BCUT2D eigenvalue weighted by atomic mass is 9.58. The zero-order valence-electron chi connectivity index (χ0n) is 20.0. The monoisotopic (exact) mass is 472 g/mol. The van der Waals surface area contributed by atoms with E-state index in [0.29, 0.717) is 17.6 Å². The second kappa shape index (κ2) is 8.00. The van der Waals surface area contributed by atoms with Crippen LogP contribution in [-0.2, 0) is 16.0 Å². The van der Waals surface area contributed by atoms with Crippen molar-refractivity contribution < 1.29 is 30.0 Å². The van der Waals surface area contributed by atoms with Crippen LogP contribution in [0.25, 0.3) is 0 Å². The van der Waals surface area contributed by atoms with E-state index in [1.165, 1.54) is 0 Å². The minimum Gasteiger partial charge on any atom is -0.509 e. The summed E-state index contributed by atoms with van der Waals surface area (Å²) in [5.41, 5.74) is 5.10. The number of nitrogens with zero attached hydrogens (tertiary/aromatic N) is 2. The molecule has 0 aromatic heterocycles. The van der Waals surface area contributed by atoms with Crippen LogP contribution < -0.4 is 16.0 Å². The molecule has 3 aliphatic carbocycles. The zero-order chi connectivity index (χ0) is 25.3. The van der Waals surface area contributed by atoms with Gasteiger partial charge in [-0.2, -0.15) is 0 Å². The summed E-state index contributed by atoms with van der Waals surface area (Å²) < 4.78 is 0. The van der Waals surface area contributed by atoms with Crippen molar-refractivity contribution in [2.75, 3.05) is 40.1 Å². The van der Waals surface area contributed by atoms with Crippen LogP contribution in [0, 0.1) is 11.8 Å². The number of primary amides is 1. The van der Waals surface area contributed by atoms with Crippen LogP contribution in [0.5, 0.6) is 5.75 Å². The Hall–Kier alpha value is -3.08. The van der Waals surface area contributed by atoms with Gasteiger partial charge in [0, 0.05) is 31.3 Å². The average Bonchev–Trinajstić information content (AvgIpc) is 2.74. The second-order valence-corrected chi connectivity index (χ2v) is 9.79. The number of Topliss-reactive ketones (excluding diaryl/α,β-unsaturated/α-hetero) is 1. The Labute approximate surface area is 198 Å². The van der Waals surface area contributed by atoms with Gasteiger partial charge in [-0.25, -0.2) is 0 Å². The number of anilines is 1. The summed E-state index contributed by atoms with van der Waals surface area (Å²) in [7, 11) is 8.75. The molecule has 7 N–H and O–H groups in total. The highest BCUT2D eigenvalue weighted by molar-refractivity contribution is 6.22. The molecule has 34 heavy (non-hydrogen) atoms. The molecule has 0 saturated heterocycles. The molecule has 1 amide bonds. The summed E-state index contributed by atoms with van der Waals surface area (Å²) in [4.78, 5) is 28.8. The zero-order valence-corrected chi connectivity index (χ0v) is 20.0. The third-order valence-electron chi connectivity index (χ3n) is 7.58. The van der Waals surface area contributed by atoms with Crippen LogP contribution in [0.4, 0.5) is 5.69 Å². The van der Waals surface area contributed by atoms with Crippen molar-refractivity contribution in [3.05, 3.63) is 45.9 Å². The molecule has 0 bridgehead atoms. The van der Waals surface area contributed by atoms with Crippen LogP contribution in [0.1, 0.15) is 23.6 Å². The Morgan fingerprint density at radius 1 is 1.15 bits per heavy atom. The maximum Gasteiger partial charge on any atom is 0.255 e. The summed E-state index contributed by atoms with van der Waals surface area (Å²) in [6.07, 6.45) is 0.698. The lowest BCUT2D eigenvalue weighted by Crippen LogP contribution is -2.62. The van der Waals surface area contributed by atoms with E-state index in [4.69, 9.17) is 5.73 Å². The summed E-state index contributed by atoms with van der Waals surface area (Å²) in [6.45, 7) is 0. The van der Waals surface area contributed by atoms with Crippen molar-refractivity contribution in [1.82, 2.24) is 10.2 Å². The molecule has 0 aliphatic heterocycles. The van der Waals surface area contributed by atoms with Gasteiger partial charge in [0.25, 0.3) is 5.91 Å². The first kappa shape index (κ1) is 24.1. The van der Waals surface area contributed by atoms with E-state index < -0.39 is 52.4 Å². The summed E-state index contributed by atoms with van der Waals surface area (Å²) in [6, 6.07) is 1.76. The predicted octanol–water partition coefficient (Wildman–Crippen LogP) is 0.264. The first-order valence-electron chi connectivity index (χ1n) is 11.2. The quantitative estimate of drug-likeness (QED) is 0.338. The van der Waals surface area contributed by atoms with E-state index in [9.17, 15) is 30.0 Å². The third kappa shape index (κ3) is 3.05. The summed E-state index contributed by atoms with van der Waals surface area (Å²) >= 11 is 0. The Kier molecular flexibility index (Phi) is 5.66. The average molecular weight is 473 g/mol. The van der Waals surface area contributed by atoms with E-state index in [1.807, 2.05) is 25.1 Å². The van der Waals surface area contributed by atoms with Crippen molar-refractivity contribution in [3.63, 3.8) is 0 Å². The molecule has 0 spiro atoms.